The number of nitrogens with one attached hydrogen (secondary N) is 1. The second kappa shape index (κ2) is 6.75. The SMILES string of the molecule is CCCOc1ccc2nc(NC(=O)c3ccccc3F)sc2c1. The zero-order valence-electron chi connectivity index (χ0n) is 12.5. The van der Waals surface area contributed by atoms with Gasteiger partial charge in [0.15, 0.2) is 5.13 Å². The van der Waals surface area contributed by atoms with E-state index < -0.39 is 11.7 Å². The molecule has 0 saturated heterocycles. The molecule has 118 valence electrons. The van der Waals surface area contributed by atoms with E-state index in [0.29, 0.717) is 11.7 Å². The van der Waals surface area contributed by atoms with Gasteiger partial charge in [-0.25, -0.2) is 9.37 Å². The van der Waals surface area contributed by atoms with Gasteiger partial charge in [0.1, 0.15) is 11.6 Å². The van der Waals surface area contributed by atoms with Crippen molar-refractivity contribution in [1.82, 2.24) is 4.98 Å². The number of carbonyl (C=O) groups excluding carboxylic acids is 1. The number of ether oxygens (including phenoxy) is 1. The molecule has 4 nitrogen and oxygen atoms in total. The number of halogens is 1. The van der Waals surface area contributed by atoms with E-state index in [-0.39, 0.29) is 5.56 Å². The average molecular weight is 330 g/mol. The van der Waals surface area contributed by atoms with Gasteiger partial charge in [0.25, 0.3) is 5.91 Å². The van der Waals surface area contributed by atoms with Gasteiger partial charge in [-0.15, -0.1) is 0 Å². The Morgan fingerprint density at radius 2 is 2.13 bits per heavy atom. The molecule has 0 aliphatic heterocycles. The van der Waals surface area contributed by atoms with Crippen LogP contribution in [0.2, 0.25) is 0 Å². The number of nitrogens with zero attached hydrogens (tertiary/aromatic N) is 1. The molecule has 0 aliphatic carbocycles. The third kappa shape index (κ3) is 3.48. The lowest BCUT2D eigenvalue weighted by Gasteiger charge is -2.02. The van der Waals surface area contributed by atoms with Crippen LogP contribution in [-0.4, -0.2) is 17.5 Å². The Morgan fingerprint density at radius 3 is 2.91 bits per heavy atom. The molecule has 6 heteroatoms. The molecule has 3 aromatic rings. The van der Waals surface area contributed by atoms with Gasteiger partial charge < -0.3 is 4.74 Å². The minimum atomic E-state index is -0.554. The summed E-state index contributed by atoms with van der Waals surface area (Å²) < 4.78 is 20.1. The van der Waals surface area contributed by atoms with Crippen LogP contribution in [0.5, 0.6) is 5.75 Å². The summed E-state index contributed by atoms with van der Waals surface area (Å²) in [6, 6.07) is 11.4. The molecule has 1 amide bonds. The van der Waals surface area contributed by atoms with Crippen LogP contribution in [0.3, 0.4) is 0 Å². The van der Waals surface area contributed by atoms with Crippen molar-refractivity contribution in [3.05, 3.63) is 53.8 Å². The summed E-state index contributed by atoms with van der Waals surface area (Å²) in [7, 11) is 0. The lowest BCUT2D eigenvalue weighted by Crippen LogP contribution is -2.13. The monoisotopic (exact) mass is 330 g/mol. The van der Waals surface area contributed by atoms with Gasteiger partial charge in [-0.3, -0.25) is 10.1 Å². The molecule has 0 bridgehead atoms. The molecule has 0 aliphatic rings. The number of thiazole rings is 1. The maximum Gasteiger partial charge on any atom is 0.260 e. The largest absolute Gasteiger partial charge is 0.494 e. The summed E-state index contributed by atoms with van der Waals surface area (Å²) >= 11 is 1.33. The van der Waals surface area contributed by atoms with Crippen LogP contribution in [0.4, 0.5) is 9.52 Å². The van der Waals surface area contributed by atoms with Gasteiger partial charge in [0.2, 0.25) is 0 Å². The Balaban J connectivity index is 1.80. The van der Waals surface area contributed by atoms with Crippen LogP contribution in [0.1, 0.15) is 23.7 Å². The predicted octanol–water partition coefficient (Wildman–Crippen LogP) is 4.48. The van der Waals surface area contributed by atoms with Crippen LogP contribution in [0, 0.1) is 5.82 Å². The second-order valence-electron chi connectivity index (χ2n) is 4.93. The maximum atomic E-state index is 13.6. The van der Waals surface area contributed by atoms with E-state index in [1.54, 1.807) is 12.1 Å². The Morgan fingerprint density at radius 1 is 1.30 bits per heavy atom. The highest BCUT2D eigenvalue weighted by molar-refractivity contribution is 7.22. The summed E-state index contributed by atoms with van der Waals surface area (Å²) in [4.78, 5) is 16.4. The molecule has 1 N–H and O–H groups in total. The van der Waals surface area contributed by atoms with E-state index in [9.17, 15) is 9.18 Å². The Labute approximate surface area is 136 Å². The fourth-order valence-electron chi connectivity index (χ4n) is 2.08. The minimum absolute atomic E-state index is 0.00118. The zero-order chi connectivity index (χ0) is 16.2. The lowest BCUT2D eigenvalue weighted by molar-refractivity contribution is 0.102. The van der Waals surface area contributed by atoms with Gasteiger partial charge in [-0.1, -0.05) is 30.4 Å². The number of rotatable bonds is 5. The highest BCUT2D eigenvalue weighted by atomic mass is 32.1. The van der Waals surface area contributed by atoms with Crippen LogP contribution < -0.4 is 10.1 Å². The lowest BCUT2D eigenvalue weighted by atomic mass is 10.2. The van der Waals surface area contributed by atoms with Gasteiger partial charge in [0, 0.05) is 0 Å². The number of benzene rings is 2. The van der Waals surface area contributed by atoms with E-state index in [1.807, 2.05) is 25.1 Å². The summed E-state index contributed by atoms with van der Waals surface area (Å²) in [6.45, 7) is 2.70. The Hall–Kier alpha value is -2.47. The van der Waals surface area contributed by atoms with Crippen molar-refractivity contribution in [2.24, 2.45) is 0 Å². The van der Waals surface area contributed by atoms with E-state index in [4.69, 9.17) is 4.74 Å². The molecule has 0 unspecified atom stereocenters. The summed E-state index contributed by atoms with van der Waals surface area (Å²) in [5.41, 5.74) is 0.765. The molecule has 0 atom stereocenters. The van der Waals surface area contributed by atoms with Crippen molar-refractivity contribution in [2.75, 3.05) is 11.9 Å². The van der Waals surface area contributed by atoms with Crippen molar-refractivity contribution in [3.63, 3.8) is 0 Å². The zero-order valence-corrected chi connectivity index (χ0v) is 13.3. The first-order valence-corrected chi connectivity index (χ1v) is 8.08. The summed E-state index contributed by atoms with van der Waals surface area (Å²) in [5.74, 6) is -0.291. The minimum Gasteiger partial charge on any atom is -0.494 e. The molecule has 0 spiro atoms. The van der Waals surface area contributed by atoms with Crippen LogP contribution in [-0.2, 0) is 0 Å². The third-order valence-electron chi connectivity index (χ3n) is 3.17. The first kappa shape index (κ1) is 15.4. The average Bonchev–Trinajstić information content (AvgIpc) is 2.94. The van der Waals surface area contributed by atoms with Crippen molar-refractivity contribution in [2.45, 2.75) is 13.3 Å². The normalized spacial score (nSPS) is 10.7. The van der Waals surface area contributed by atoms with Gasteiger partial charge in [0.05, 0.1) is 22.4 Å². The molecule has 3 rings (SSSR count). The maximum absolute atomic E-state index is 13.6. The Kier molecular flexibility index (Phi) is 4.52. The topological polar surface area (TPSA) is 51.2 Å². The molecule has 2 aromatic carbocycles. The second-order valence-corrected chi connectivity index (χ2v) is 5.96. The number of fused-ring (bicyclic) bond motifs is 1. The molecule has 23 heavy (non-hydrogen) atoms. The fraction of sp³-hybridized carbons (Fsp3) is 0.176. The molecule has 1 heterocycles. The first-order chi connectivity index (χ1) is 11.2. The molecule has 0 fully saturated rings. The molecular formula is C17H15FN2O2S. The molecular weight excluding hydrogens is 315 g/mol. The Bertz CT molecular complexity index is 847. The van der Waals surface area contributed by atoms with Crippen LogP contribution >= 0.6 is 11.3 Å². The number of amides is 1. The van der Waals surface area contributed by atoms with E-state index >= 15 is 0 Å². The predicted molar refractivity (Wildman–Crippen MR) is 89.8 cm³/mol. The van der Waals surface area contributed by atoms with Gasteiger partial charge in [-0.05, 0) is 36.8 Å². The number of hydrogen-bond donors (Lipinski definition) is 1. The molecule has 0 saturated carbocycles. The van der Waals surface area contributed by atoms with E-state index in [1.165, 1.54) is 23.5 Å². The highest BCUT2D eigenvalue weighted by Gasteiger charge is 2.13. The molecule has 0 radical (unpaired) electrons. The molecule has 1 aromatic heterocycles. The van der Waals surface area contributed by atoms with E-state index in [0.717, 1.165) is 22.4 Å². The first-order valence-electron chi connectivity index (χ1n) is 7.26. The smallest absolute Gasteiger partial charge is 0.260 e. The van der Waals surface area contributed by atoms with Crippen LogP contribution in [0.15, 0.2) is 42.5 Å². The number of aromatic nitrogens is 1. The quantitative estimate of drug-likeness (QED) is 0.750. The van der Waals surface area contributed by atoms with Crippen molar-refractivity contribution >= 4 is 32.6 Å². The van der Waals surface area contributed by atoms with Gasteiger partial charge >= 0.3 is 0 Å². The summed E-state index contributed by atoms with van der Waals surface area (Å²) in [5, 5.41) is 3.07. The fourth-order valence-corrected chi connectivity index (χ4v) is 2.97. The van der Waals surface area contributed by atoms with Gasteiger partial charge in [-0.2, -0.15) is 0 Å². The van der Waals surface area contributed by atoms with E-state index in [2.05, 4.69) is 10.3 Å². The van der Waals surface area contributed by atoms with Crippen molar-refractivity contribution in [3.8, 4) is 5.75 Å². The number of carbonyl (C=O) groups is 1. The van der Waals surface area contributed by atoms with Crippen molar-refractivity contribution in [1.29, 1.82) is 0 Å². The van der Waals surface area contributed by atoms with Crippen LogP contribution in [0.25, 0.3) is 10.2 Å². The number of hydrogen-bond acceptors (Lipinski definition) is 4. The summed E-state index contributed by atoms with van der Waals surface area (Å²) in [6.07, 6.45) is 0.935. The standard InChI is InChI=1S/C17H15FN2O2S/c1-2-9-22-11-7-8-14-15(10-11)23-17(19-14)20-16(21)12-5-3-4-6-13(12)18/h3-8,10H,2,9H2,1H3,(H,19,20,21). The number of anilines is 1. The van der Waals surface area contributed by atoms with Crippen molar-refractivity contribution < 1.29 is 13.9 Å². The third-order valence-corrected chi connectivity index (χ3v) is 4.11. The highest BCUT2D eigenvalue weighted by Crippen LogP contribution is 2.29.